The maximum absolute atomic E-state index is 12.7. The van der Waals surface area contributed by atoms with Crippen LogP contribution in [-0.4, -0.2) is 30.5 Å². The molecule has 32 heavy (non-hydrogen) atoms. The molecule has 0 spiro atoms. The summed E-state index contributed by atoms with van der Waals surface area (Å²) in [6.45, 7) is 3.76. The number of carbonyl (C=O) groups is 2. The molecule has 0 fully saturated rings. The van der Waals surface area contributed by atoms with E-state index < -0.39 is 22.0 Å². The summed E-state index contributed by atoms with van der Waals surface area (Å²) < 4.78 is 27.7. The van der Waals surface area contributed by atoms with E-state index in [0.29, 0.717) is 12.2 Å². The van der Waals surface area contributed by atoms with E-state index in [1.54, 1.807) is 18.5 Å². The second-order valence-corrected chi connectivity index (χ2v) is 8.35. The number of carbonyl (C=O) groups excluding carboxylic acids is 1. The molecule has 0 bridgehead atoms. The van der Waals surface area contributed by atoms with Crippen molar-refractivity contribution in [2.75, 3.05) is 10.0 Å². The van der Waals surface area contributed by atoms with E-state index in [1.165, 1.54) is 48.5 Å². The second-order valence-electron chi connectivity index (χ2n) is 6.66. The minimum Gasteiger partial charge on any atom is -0.478 e. The average molecular weight is 452 g/mol. The standard InChI is InChI=1S/C22H20N4O5S/c1-15(21(27)28)17-5-2-6-19(12-17)26-32(30,31)20-9-7-18(8-10-20)25-22(29)24-14-16-4-3-11-23-13-16/h2-13,26H,1,14H2,(H,27,28)(H2,24,25,29). The molecule has 4 N–H and O–H groups in total. The molecule has 0 aliphatic heterocycles. The Hall–Kier alpha value is -4.18. The number of aliphatic carboxylic acids is 1. The fraction of sp³-hybridized carbons (Fsp3) is 0.0455. The largest absolute Gasteiger partial charge is 0.478 e. The van der Waals surface area contributed by atoms with Gasteiger partial charge in [0.1, 0.15) is 0 Å². The second kappa shape index (κ2) is 9.75. The number of benzene rings is 2. The summed E-state index contributed by atoms with van der Waals surface area (Å²) in [5.41, 5.74) is 1.58. The van der Waals surface area contributed by atoms with Crippen molar-refractivity contribution in [3.63, 3.8) is 0 Å². The van der Waals surface area contributed by atoms with E-state index in [-0.39, 0.29) is 21.7 Å². The van der Waals surface area contributed by atoms with Gasteiger partial charge in [0.15, 0.2) is 0 Å². The van der Waals surface area contributed by atoms with E-state index in [4.69, 9.17) is 5.11 Å². The molecule has 0 radical (unpaired) electrons. The van der Waals surface area contributed by atoms with Gasteiger partial charge in [-0.15, -0.1) is 0 Å². The highest BCUT2D eigenvalue weighted by molar-refractivity contribution is 7.92. The molecule has 0 saturated carbocycles. The number of urea groups is 1. The normalized spacial score (nSPS) is 10.8. The Labute approximate surface area is 184 Å². The van der Waals surface area contributed by atoms with Crippen molar-refractivity contribution in [2.45, 2.75) is 11.4 Å². The molecule has 0 atom stereocenters. The van der Waals surface area contributed by atoms with Gasteiger partial charge in [0.25, 0.3) is 10.0 Å². The Morgan fingerprint density at radius 3 is 2.41 bits per heavy atom. The van der Waals surface area contributed by atoms with Crippen molar-refractivity contribution >= 4 is 39.0 Å². The van der Waals surface area contributed by atoms with Gasteiger partial charge >= 0.3 is 12.0 Å². The van der Waals surface area contributed by atoms with Crippen LogP contribution in [0.4, 0.5) is 16.2 Å². The van der Waals surface area contributed by atoms with Crippen LogP contribution in [-0.2, 0) is 21.4 Å². The first-order valence-electron chi connectivity index (χ1n) is 9.34. The van der Waals surface area contributed by atoms with Crippen molar-refractivity contribution in [1.82, 2.24) is 10.3 Å². The first-order chi connectivity index (χ1) is 15.2. The average Bonchev–Trinajstić information content (AvgIpc) is 2.78. The first-order valence-corrected chi connectivity index (χ1v) is 10.8. The van der Waals surface area contributed by atoms with Crippen molar-refractivity contribution in [3.05, 3.63) is 90.8 Å². The van der Waals surface area contributed by atoms with Crippen LogP contribution < -0.4 is 15.4 Å². The van der Waals surface area contributed by atoms with Crippen molar-refractivity contribution in [3.8, 4) is 0 Å². The fourth-order valence-electron chi connectivity index (χ4n) is 2.69. The van der Waals surface area contributed by atoms with Crippen molar-refractivity contribution < 1.29 is 23.1 Å². The van der Waals surface area contributed by atoms with Crippen LogP contribution in [0.25, 0.3) is 5.57 Å². The van der Waals surface area contributed by atoms with Crippen LogP contribution in [0.15, 0.2) is 84.5 Å². The Morgan fingerprint density at radius 2 is 1.75 bits per heavy atom. The zero-order valence-electron chi connectivity index (χ0n) is 16.8. The molecule has 3 rings (SSSR count). The molecular weight excluding hydrogens is 432 g/mol. The Balaban J connectivity index is 1.63. The maximum Gasteiger partial charge on any atom is 0.335 e. The molecule has 164 valence electrons. The van der Waals surface area contributed by atoms with E-state index >= 15 is 0 Å². The van der Waals surface area contributed by atoms with Gasteiger partial charge in [0, 0.05) is 30.3 Å². The SMILES string of the molecule is C=C(C(=O)O)c1cccc(NS(=O)(=O)c2ccc(NC(=O)NCc3cccnc3)cc2)c1. The predicted octanol–water partition coefficient (Wildman–Crippen LogP) is 3.30. The van der Waals surface area contributed by atoms with Crippen LogP contribution in [0.2, 0.25) is 0 Å². The van der Waals surface area contributed by atoms with E-state index in [2.05, 4.69) is 26.9 Å². The summed E-state index contributed by atoms with van der Waals surface area (Å²) >= 11 is 0. The summed E-state index contributed by atoms with van der Waals surface area (Å²) in [5, 5.41) is 14.3. The van der Waals surface area contributed by atoms with E-state index in [1.807, 2.05) is 6.07 Å². The lowest BCUT2D eigenvalue weighted by atomic mass is 10.1. The van der Waals surface area contributed by atoms with Gasteiger partial charge in [-0.05, 0) is 53.6 Å². The molecule has 1 aromatic heterocycles. The zero-order chi connectivity index (χ0) is 23.1. The topological polar surface area (TPSA) is 137 Å². The smallest absolute Gasteiger partial charge is 0.335 e. The number of nitrogens with one attached hydrogen (secondary N) is 3. The zero-order valence-corrected chi connectivity index (χ0v) is 17.6. The summed E-state index contributed by atoms with van der Waals surface area (Å²) in [6.07, 6.45) is 3.28. The molecule has 10 heteroatoms. The highest BCUT2D eigenvalue weighted by atomic mass is 32.2. The highest BCUT2D eigenvalue weighted by Gasteiger charge is 2.16. The molecule has 3 aromatic rings. The van der Waals surface area contributed by atoms with Crippen LogP contribution in [0.5, 0.6) is 0 Å². The summed E-state index contributed by atoms with van der Waals surface area (Å²) in [6, 6.07) is 14.7. The third kappa shape index (κ3) is 5.92. The molecule has 2 amide bonds. The number of carboxylic acids is 1. The van der Waals surface area contributed by atoms with Crippen LogP contribution in [0, 0.1) is 0 Å². The summed E-state index contributed by atoms with van der Waals surface area (Å²) in [7, 11) is -3.93. The third-order valence-corrected chi connectivity index (χ3v) is 5.72. The lowest BCUT2D eigenvalue weighted by Crippen LogP contribution is -2.28. The fourth-order valence-corrected chi connectivity index (χ4v) is 3.74. The van der Waals surface area contributed by atoms with Gasteiger partial charge in [-0.2, -0.15) is 0 Å². The van der Waals surface area contributed by atoms with Crippen LogP contribution >= 0.6 is 0 Å². The molecule has 2 aromatic carbocycles. The van der Waals surface area contributed by atoms with Gasteiger partial charge in [-0.1, -0.05) is 24.8 Å². The minimum atomic E-state index is -3.93. The molecule has 0 unspecified atom stereocenters. The molecule has 0 aliphatic carbocycles. The summed E-state index contributed by atoms with van der Waals surface area (Å²) in [4.78, 5) is 27.0. The number of sulfonamides is 1. The number of hydrogen-bond acceptors (Lipinski definition) is 5. The van der Waals surface area contributed by atoms with Gasteiger partial charge in [0.2, 0.25) is 0 Å². The Kier molecular flexibility index (Phi) is 6.86. The van der Waals surface area contributed by atoms with Gasteiger partial charge in [-0.3, -0.25) is 9.71 Å². The number of anilines is 2. The Morgan fingerprint density at radius 1 is 1.00 bits per heavy atom. The number of aromatic nitrogens is 1. The van der Waals surface area contributed by atoms with Gasteiger partial charge < -0.3 is 15.7 Å². The maximum atomic E-state index is 12.7. The third-order valence-electron chi connectivity index (χ3n) is 4.32. The number of amides is 2. The number of nitrogens with zero attached hydrogens (tertiary/aromatic N) is 1. The molecule has 0 aliphatic rings. The molecule has 0 saturated heterocycles. The first kappa shape index (κ1) is 22.5. The van der Waals surface area contributed by atoms with E-state index in [0.717, 1.165) is 5.56 Å². The summed E-state index contributed by atoms with van der Waals surface area (Å²) in [5.74, 6) is -1.20. The monoisotopic (exact) mass is 452 g/mol. The number of rotatable bonds is 8. The minimum absolute atomic E-state index is 0.0266. The quantitative estimate of drug-likeness (QED) is 0.387. The predicted molar refractivity (Wildman–Crippen MR) is 120 cm³/mol. The van der Waals surface area contributed by atoms with Crippen molar-refractivity contribution in [1.29, 1.82) is 0 Å². The number of hydrogen-bond donors (Lipinski definition) is 4. The molecule has 1 heterocycles. The molecular formula is C22H20N4O5S. The lowest BCUT2D eigenvalue weighted by molar-refractivity contribution is -0.130. The number of carboxylic acid groups (broad SMARTS) is 1. The van der Waals surface area contributed by atoms with Gasteiger partial charge in [-0.25, -0.2) is 18.0 Å². The van der Waals surface area contributed by atoms with Gasteiger partial charge in [0.05, 0.1) is 10.5 Å². The van der Waals surface area contributed by atoms with E-state index in [9.17, 15) is 18.0 Å². The Bertz CT molecular complexity index is 1240. The van der Waals surface area contributed by atoms with Crippen LogP contribution in [0.3, 0.4) is 0 Å². The molecule has 9 nitrogen and oxygen atoms in total. The van der Waals surface area contributed by atoms with Crippen molar-refractivity contribution in [2.24, 2.45) is 0 Å². The highest BCUT2D eigenvalue weighted by Crippen LogP contribution is 2.21. The lowest BCUT2D eigenvalue weighted by Gasteiger charge is -2.11. The van der Waals surface area contributed by atoms with Crippen LogP contribution in [0.1, 0.15) is 11.1 Å². The number of pyridine rings is 1.